The van der Waals surface area contributed by atoms with E-state index in [4.69, 9.17) is 11.6 Å². The van der Waals surface area contributed by atoms with Crippen molar-refractivity contribution in [3.05, 3.63) is 53.6 Å². The van der Waals surface area contributed by atoms with Gasteiger partial charge in [0, 0.05) is 22.0 Å². The van der Waals surface area contributed by atoms with Crippen molar-refractivity contribution in [3.8, 4) is 11.4 Å². The van der Waals surface area contributed by atoms with Crippen molar-refractivity contribution in [2.45, 2.75) is 35.7 Å². The van der Waals surface area contributed by atoms with Crippen molar-refractivity contribution in [2.24, 2.45) is 0 Å². The summed E-state index contributed by atoms with van der Waals surface area (Å²) in [5, 5.41) is 12.7. The lowest BCUT2D eigenvalue weighted by Gasteiger charge is -2.14. The number of nitrogens with one attached hydrogen (secondary N) is 1. The van der Waals surface area contributed by atoms with Gasteiger partial charge in [-0.25, -0.2) is 0 Å². The highest BCUT2D eigenvalue weighted by molar-refractivity contribution is 8.00. The maximum absolute atomic E-state index is 12.7. The zero-order valence-electron chi connectivity index (χ0n) is 15.8. The monoisotopic (exact) mass is 432 g/mol. The number of carbonyl (C=O) groups is 1. The lowest BCUT2D eigenvalue weighted by atomic mass is 10.2. The van der Waals surface area contributed by atoms with Crippen molar-refractivity contribution in [2.75, 3.05) is 11.6 Å². The molecule has 0 bridgehead atoms. The maximum atomic E-state index is 12.7. The van der Waals surface area contributed by atoms with Gasteiger partial charge in [-0.15, -0.1) is 22.0 Å². The molecule has 0 aliphatic heterocycles. The number of anilines is 1. The number of carbonyl (C=O) groups excluding carboxylic acids is 1. The summed E-state index contributed by atoms with van der Waals surface area (Å²) in [6, 6.07) is 15.3. The first-order valence-corrected chi connectivity index (χ1v) is 11.3. The number of nitrogens with zero attached hydrogens (tertiary/aromatic N) is 3. The number of rotatable bonds is 7. The zero-order valence-corrected chi connectivity index (χ0v) is 18.2. The van der Waals surface area contributed by atoms with Crippen LogP contribution in [0.5, 0.6) is 0 Å². The van der Waals surface area contributed by atoms with Crippen LogP contribution in [0.4, 0.5) is 5.69 Å². The van der Waals surface area contributed by atoms with E-state index in [1.54, 1.807) is 11.8 Å². The highest BCUT2D eigenvalue weighted by Crippen LogP contribution is 2.30. The lowest BCUT2D eigenvalue weighted by molar-refractivity contribution is -0.115. The Morgan fingerprint density at radius 3 is 2.71 bits per heavy atom. The molecule has 1 unspecified atom stereocenters. The molecule has 0 spiro atoms. The first-order valence-electron chi connectivity index (χ1n) is 8.83. The molecule has 3 aromatic rings. The molecule has 3 rings (SSSR count). The third kappa shape index (κ3) is 4.71. The molecule has 0 saturated carbocycles. The van der Waals surface area contributed by atoms with Gasteiger partial charge in [-0.1, -0.05) is 47.6 Å². The Morgan fingerprint density at radius 2 is 2.00 bits per heavy atom. The van der Waals surface area contributed by atoms with Crippen molar-refractivity contribution in [3.63, 3.8) is 0 Å². The van der Waals surface area contributed by atoms with Crippen LogP contribution in [0.15, 0.2) is 58.6 Å². The average Bonchev–Trinajstić information content (AvgIpc) is 3.10. The highest BCUT2D eigenvalue weighted by atomic mass is 35.5. The summed E-state index contributed by atoms with van der Waals surface area (Å²) < 4.78 is 2.00. The highest BCUT2D eigenvalue weighted by Gasteiger charge is 2.21. The van der Waals surface area contributed by atoms with Crippen LogP contribution in [0, 0.1) is 0 Å². The second kappa shape index (κ2) is 9.49. The van der Waals surface area contributed by atoms with Gasteiger partial charge in [-0.2, -0.15) is 0 Å². The molecule has 5 nitrogen and oxygen atoms in total. The van der Waals surface area contributed by atoms with Crippen LogP contribution in [-0.4, -0.2) is 32.2 Å². The molecular formula is C20H21ClN4OS2. The van der Waals surface area contributed by atoms with Gasteiger partial charge in [-0.05, 0) is 44.4 Å². The quantitative estimate of drug-likeness (QED) is 0.502. The van der Waals surface area contributed by atoms with Gasteiger partial charge in [0.2, 0.25) is 5.91 Å². The number of aromatic nitrogens is 3. The van der Waals surface area contributed by atoms with E-state index >= 15 is 0 Å². The summed E-state index contributed by atoms with van der Waals surface area (Å²) in [6.07, 6.45) is 1.99. The molecule has 1 amide bonds. The third-order valence-electron chi connectivity index (χ3n) is 4.13. The molecule has 1 heterocycles. The van der Waals surface area contributed by atoms with Gasteiger partial charge in [0.25, 0.3) is 0 Å². The van der Waals surface area contributed by atoms with E-state index in [1.165, 1.54) is 11.8 Å². The summed E-state index contributed by atoms with van der Waals surface area (Å²) in [4.78, 5) is 13.7. The standard InChI is InChI=1S/C20H21ClN4OS2/c1-4-25-18(14-8-7-9-15(21)12-14)23-24-20(25)28-13(2)19(26)22-16-10-5-6-11-17(16)27-3/h5-13H,4H2,1-3H3,(H,22,26). The number of thioether (sulfide) groups is 2. The Balaban J connectivity index is 1.77. The average molecular weight is 433 g/mol. The molecule has 0 radical (unpaired) electrons. The van der Waals surface area contributed by atoms with Crippen LogP contribution in [0.25, 0.3) is 11.4 Å². The molecule has 8 heteroatoms. The summed E-state index contributed by atoms with van der Waals surface area (Å²) in [6.45, 7) is 4.59. The molecule has 1 N–H and O–H groups in total. The maximum Gasteiger partial charge on any atom is 0.237 e. The van der Waals surface area contributed by atoms with E-state index in [-0.39, 0.29) is 11.2 Å². The number of hydrogen-bond acceptors (Lipinski definition) is 5. The molecule has 2 aromatic carbocycles. The predicted octanol–water partition coefficient (Wildman–Crippen LogP) is 5.46. The van der Waals surface area contributed by atoms with Crippen molar-refractivity contribution in [1.29, 1.82) is 0 Å². The van der Waals surface area contributed by atoms with Gasteiger partial charge in [0.15, 0.2) is 11.0 Å². The van der Waals surface area contributed by atoms with Crippen molar-refractivity contribution in [1.82, 2.24) is 14.8 Å². The van der Waals surface area contributed by atoms with Gasteiger partial charge in [0.1, 0.15) is 0 Å². The van der Waals surface area contributed by atoms with Crippen LogP contribution in [0.3, 0.4) is 0 Å². The van der Waals surface area contributed by atoms with Gasteiger partial charge in [0.05, 0.1) is 10.9 Å². The molecular weight excluding hydrogens is 412 g/mol. The third-order valence-corrected chi connectivity index (χ3v) is 6.24. The van der Waals surface area contributed by atoms with Crippen LogP contribution < -0.4 is 5.32 Å². The summed E-state index contributed by atoms with van der Waals surface area (Å²) >= 11 is 9.10. The second-order valence-corrected chi connectivity index (χ2v) is 8.60. The van der Waals surface area contributed by atoms with Crippen LogP contribution in [0.1, 0.15) is 13.8 Å². The Kier molecular flexibility index (Phi) is 7.04. The molecule has 0 saturated heterocycles. The Labute approximate surface area is 178 Å². The van der Waals surface area contributed by atoms with E-state index in [0.717, 1.165) is 22.0 Å². The normalized spacial score (nSPS) is 12.0. The lowest BCUT2D eigenvalue weighted by Crippen LogP contribution is -2.23. The van der Waals surface area contributed by atoms with Crippen molar-refractivity contribution < 1.29 is 4.79 Å². The molecule has 28 heavy (non-hydrogen) atoms. The van der Waals surface area contributed by atoms with Gasteiger partial charge in [-0.3, -0.25) is 4.79 Å². The van der Waals surface area contributed by atoms with E-state index in [9.17, 15) is 4.79 Å². The number of halogens is 1. The van der Waals surface area contributed by atoms with E-state index in [1.807, 2.05) is 73.2 Å². The second-order valence-electron chi connectivity index (χ2n) is 6.01. The topological polar surface area (TPSA) is 59.8 Å². The first kappa shape index (κ1) is 20.8. The van der Waals surface area contributed by atoms with E-state index < -0.39 is 0 Å². The zero-order chi connectivity index (χ0) is 20.1. The summed E-state index contributed by atoms with van der Waals surface area (Å²) in [5.41, 5.74) is 1.73. The fourth-order valence-corrected chi connectivity index (χ4v) is 4.35. The Bertz CT molecular complexity index is 976. The minimum atomic E-state index is -0.323. The van der Waals surface area contributed by atoms with E-state index in [0.29, 0.717) is 16.7 Å². The van der Waals surface area contributed by atoms with Crippen LogP contribution >= 0.6 is 35.1 Å². The molecule has 1 aromatic heterocycles. The van der Waals surface area contributed by atoms with Gasteiger partial charge < -0.3 is 9.88 Å². The van der Waals surface area contributed by atoms with Crippen LogP contribution in [0.2, 0.25) is 5.02 Å². The number of benzene rings is 2. The van der Waals surface area contributed by atoms with Gasteiger partial charge >= 0.3 is 0 Å². The number of amides is 1. The SMILES string of the molecule is CCn1c(SC(C)C(=O)Nc2ccccc2SC)nnc1-c1cccc(Cl)c1. The number of hydrogen-bond donors (Lipinski definition) is 1. The summed E-state index contributed by atoms with van der Waals surface area (Å²) in [5.74, 6) is 0.675. The Morgan fingerprint density at radius 1 is 1.21 bits per heavy atom. The summed E-state index contributed by atoms with van der Waals surface area (Å²) in [7, 11) is 0. The molecule has 0 aliphatic rings. The predicted molar refractivity (Wildman–Crippen MR) is 118 cm³/mol. The Hall–Kier alpha value is -1.96. The minimum absolute atomic E-state index is 0.0681. The molecule has 1 atom stereocenters. The van der Waals surface area contributed by atoms with E-state index in [2.05, 4.69) is 15.5 Å². The molecule has 0 fully saturated rings. The fourth-order valence-electron chi connectivity index (χ4n) is 2.70. The number of para-hydroxylation sites is 1. The fraction of sp³-hybridized carbons (Fsp3) is 0.250. The van der Waals surface area contributed by atoms with Crippen molar-refractivity contribution >= 4 is 46.7 Å². The molecule has 146 valence electrons. The smallest absolute Gasteiger partial charge is 0.237 e. The minimum Gasteiger partial charge on any atom is -0.324 e. The first-order chi connectivity index (χ1) is 13.5. The largest absolute Gasteiger partial charge is 0.324 e. The molecule has 0 aliphatic carbocycles. The van der Waals surface area contributed by atoms with Crippen LogP contribution in [-0.2, 0) is 11.3 Å².